The number of ether oxygens (including phenoxy) is 2. The minimum Gasteiger partial charge on any atom is -0.428 e. The van der Waals surface area contributed by atoms with Crippen LogP contribution >= 0.6 is 0 Å². The number of carbonyl (C=O) groups excluding carboxylic acids is 1. The van der Waals surface area contributed by atoms with Crippen LogP contribution in [0.2, 0.25) is 0 Å². The monoisotopic (exact) mass is 401 g/mol. The average Bonchev–Trinajstić information content (AvgIpc) is 3.03. The maximum Gasteiger partial charge on any atom is 0.514 e. The lowest BCUT2D eigenvalue weighted by molar-refractivity contribution is -0.384. The molecule has 1 aromatic carbocycles. The van der Waals surface area contributed by atoms with Gasteiger partial charge >= 0.3 is 12.3 Å². The standard InChI is InChI=1S/C17H18F3N3O5/c1-16(2,3)14(10-22-9-8-13(21-22)17(18,19)20)28-15(24)27-12-6-4-11(5-7-12)23(25)26/h4-9,14H,10H2,1-3H3. The van der Waals surface area contributed by atoms with Crippen molar-refractivity contribution in [2.24, 2.45) is 5.41 Å². The van der Waals surface area contributed by atoms with Gasteiger partial charge in [-0.05, 0) is 18.2 Å². The molecule has 28 heavy (non-hydrogen) atoms. The first kappa shape index (κ1) is 21.2. The Bertz CT molecular complexity index is 841. The summed E-state index contributed by atoms with van der Waals surface area (Å²) in [6, 6.07) is 5.61. The van der Waals surface area contributed by atoms with Crippen LogP contribution in [0.5, 0.6) is 5.75 Å². The van der Waals surface area contributed by atoms with E-state index in [2.05, 4.69) is 5.10 Å². The quantitative estimate of drug-likeness (QED) is 0.318. The summed E-state index contributed by atoms with van der Waals surface area (Å²) in [6.45, 7) is 5.11. The lowest BCUT2D eigenvalue weighted by Crippen LogP contribution is -2.36. The Kier molecular flexibility index (Phi) is 5.95. The SMILES string of the molecule is CC(C)(C)C(Cn1ccc(C(F)(F)F)n1)OC(=O)Oc1ccc([N+](=O)[O-])cc1. The Morgan fingerprint density at radius 3 is 2.29 bits per heavy atom. The zero-order chi connectivity index (χ0) is 21.1. The molecule has 8 nitrogen and oxygen atoms in total. The molecule has 0 aliphatic heterocycles. The molecule has 152 valence electrons. The van der Waals surface area contributed by atoms with E-state index in [4.69, 9.17) is 9.47 Å². The van der Waals surface area contributed by atoms with E-state index in [1.165, 1.54) is 12.1 Å². The van der Waals surface area contributed by atoms with Gasteiger partial charge < -0.3 is 9.47 Å². The number of rotatable bonds is 5. The van der Waals surface area contributed by atoms with Gasteiger partial charge in [-0.1, -0.05) is 20.8 Å². The number of hydrogen-bond donors (Lipinski definition) is 0. The van der Waals surface area contributed by atoms with Gasteiger partial charge in [-0.25, -0.2) is 4.79 Å². The molecule has 0 aliphatic carbocycles. The molecular formula is C17H18F3N3O5. The molecular weight excluding hydrogens is 383 g/mol. The van der Waals surface area contributed by atoms with E-state index < -0.39 is 34.5 Å². The Hall–Kier alpha value is -3.11. The lowest BCUT2D eigenvalue weighted by Gasteiger charge is -2.29. The average molecular weight is 401 g/mol. The van der Waals surface area contributed by atoms with Crippen molar-refractivity contribution < 1.29 is 32.4 Å². The van der Waals surface area contributed by atoms with Gasteiger partial charge in [0.1, 0.15) is 11.9 Å². The summed E-state index contributed by atoms with van der Waals surface area (Å²) >= 11 is 0. The van der Waals surface area contributed by atoms with Gasteiger partial charge in [0.2, 0.25) is 0 Å². The van der Waals surface area contributed by atoms with E-state index in [-0.39, 0.29) is 18.0 Å². The van der Waals surface area contributed by atoms with Crippen molar-refractivity contribution in [2.45, 2.75) is 39.6 Å². The van der Waals surface area contributed by atoms with Gasteiger partial charge in [-0.15, -0.1) is 0 Å². The van der Waals surface area contributed by atoms with Crippen molar-refractivity contribution in [3.8, 4) is 5.75 Å². The molecule has 0 saturated heterocycles. The van der Waals surface area contributed by atoms with Crippen LogP contribution in [0.4, 0.5) is 23.7 Å². The minimum atomic E-state index is -4.57. The van der Waals surface area contributed by atoms with Crippen LogP contribution in [0.15, 0.2) is 36.5 Å². The molecule has 0 N–H and O–H groups in total. The molecule has 1 unspecified atom stereocenters. The highest BCUT2D eigenvalue weighted by Crippen LogP contribution is 2.29. The van der Waals surface area contributed by atoms with Crippen LogP contribution in [-0.2, 0) is 17.5 Å². The highest BCUT2D eigenvalue weighted by molar-refractivity contribution is 5.64. The molecule has 1 heterocycles. The predicted molar refractivity (Wildman–Crippen MR) is 90.7 cm³/mol. The van der Waals surface area contributed by atoms with Crippen molar-refractivity contribution in [3.05, 3.63) is 52.3 Å². The van der Waals surface area contributed by atoms with Crippen LogP contribution in [0, 0.1) is 15.5 Å². The van der Waals surface area contributed by atoms with Crippen molar-refractivity contribution in [1.29, 1.82) is 0 Å². The van der Waals surface area contributed by atoms with Gasteiger partial charge in [-0.3, -0.25) is 14.8 Å². The lowest BCUT2D eigenvalue weighted by atomic mass is 9.89. The van der Waals surface area contributed by atoms with Crippen molar-refractivity contribution in [2.75, 3.05) is 0 Å². The second-order valence-electron chi connectivity index (χ2n) is 7.00. The van der Waals surface area contributed by atoms with Crippen LogP contribution in [-0.4, -0.2) is 27.0 Å². The van der Waals surface area contributed by atoms with Crippen LogP contribution in [0.25, 0.3) is 0 Å². The smallest absolute Gasteiger partial charge is 0.428 e. The van der Waals surface area contributed by atoms with Crippen LogP contribution < -0.4 is 4.74 Å². The van der Waals surface area contributed by atoms with Crippen LogP contribution in [0.3, 0.4) is 0 Å². The van der Waals surface area contributed by atoms with Gasteiger partial charge in [0, 0.05) is 23.7 Å². The third-order valence-electron chi connectivity index (χ3n) is 3.74. The van der Waals surface area contributed by atoms with E-state index in [0.717, 1.165) is 29.1 Å². The third-order valence-corrected chi connectivity index (χ3v) is 3.74. The summed E-state index contributed by atoms with van der Waals surface area (Å²) < 4.78 is 49.3. The topological polar surface area (TPSA) is 96.5 Å². The van der Waals surface area contributed by atoms with Gasteiger partial charge in [-0.2, -0.15) is 18.3 Å². The maximum absolute atomic E-state index is 12.7. The largest absolute Gasteiger partial charge is 0.514 e. The van der Waals surface area contributed by atoms with Crippen molar-refractivity contribution >= 4 is 11.8 Å². The highest BCUT2D eigenvalue weighted by Gasteiger charge is 2.35. The maximum atomic E-state index is 12.7. The number of carbonyl (C=O) groups is 1. The fourth-order valence-corrected chi connectivity index (χ4v) is 2.14. The first-order chi connectivity index (χ1) is 12.9. The zero-order valence-corrected chi connectivity index (χ0v) is 15.3. The number of nitrogens with zero attached hydrogens (tertiary/aromatic N) is 3. The number of halogens is 3. The molecule has 0 fully saturated rings. The summed E-state index contributed by atoms with van der Waals surface area (Å²) in [7, 11) is 0. The first-order valence-corrected chi connectivity index (χ1v) is 8.10. The fourth-order valence-electron chi connectivity index (χ4n) is 2.14. The van der Waals surface area contributed by atoms with Crippen LogP contribution in [0.1, 0.15) is 26.5 Å². The molecule has 0 spiro atoms. The molecule has 2 rings (SSSR count). The van der Waals surface area contributed by atoms with Crippen molar-refractivity contribution in [3.63, 3.8) is 0 Å². The predicted octanol–water partition coefficient (Wildman–Crippen LogP) is 4.44. The van der Waals surface area contributed by atoms with Gasteiger partial charge in [0.25, 0.3) is 5.69 Å². The minimum absolute atomic E-state index is 0.0294. The number of nitro benzene ring substituents is 1. The van der Waals surface area contributed by atoms with Crippen molar-refractivity contribution in [1.82, 2.24) is 9.78 Å². The molecule has 0 amide bonds. The van der Waals surface area contributed by atoms with E-state index >= 15 is 0 Å². The summed E-state index contributed by atoms with van der Waals surface area (Å²) in [5.41, 5.74) is -1.85. The Labute approximate surface area is 158 Å². The van der Waals surface area contributed by atoms with E-state index in [9.17, 15) is 28.1 Å². The molecule has 0 saturated carbocycles. The number of hydrogen-bond acceptors (Lipinski definition) is 6. The summed E-state index contributed by atoms with van der Waals surface area (Å²) in [4.78, 5) is 22.1. The molecule has 0 bridgehead atoms. The molecule has 0 radical (unpaired) electrons. The Morgan fingerprint density at radius 2 is 1.82 bits per heavy atom. The normalized spacial score (nSPS) is 13.1. The van der Waals surface area contributed by atoms with Gasteiger partial charge in [0.15, 0.2) is 5.69 Å². The molecule has 11 heteroatoms. The second kappa shape index (κ2) is 7.87. The van der Waals surface area contributed by atoms with E-state index in [0.29, 0.717) is 0 Å². The number of nitro groups is 1. The zero-order valence-electron chi connectivity index (χ0n) is 15.3. The summed E-state index contributed by atoms with van der Waals surface area (Å²) in [6.07, 6.45) is -5.36. The molecule has 1 aromatic heterocycles. The molecule has 0 aliphatic rings. The number of non-ortho nitro benzene ring substituents is 1. The number of alkyl halides is 3. The Balaban J connectivity index is 2.06. The Morgan fingerprint density at radius 1 is 1.21 bits per heavy atom. The van der Waals surface area contributed by atoms with E-state index in [1.807, 2.05) is 0 Å². The molecule has 1 atom stereocenters. The summed E-state index contributed by atoms with van der Waals surface area (Å²) in [5, 5.41) is 14.1. The van der Waals surface area contributed by atoms with E-state index in [1.54, 1.807) is 20.8 Å². The summed E-state index contributed by atoms with van der Waals surface area (Å²) in [5.74, 6) is 0.0294. The second-order valence-corrected chi connectivity index (χ2v) is 7.00. The molecule has 2 aromatic rings. The fraction of sp³-hybridized carbons (Fsp3) is 0.412. The third kappa shape index (κ3) is 5.69. The van der Waals surface area contributed by atoms with Gasteiger partial charge in [0.05, 0.1) is 11.5 Å². The number of benzene rings is 1. The first-order valence-electron chi connectivity index (χ1n) is 8.10. The highest BCUT2D eigenvalue weighted by atomic mass is 19.4. The number of aromatic nitrogens is 2.